The molecule has 0 aromatic heterocycles. The van der Waals surface area contributed by atoms with E-state index in [1.807, 2.05) is 34.2 Å². The van der Waals surface area contributed by atoms with E-state index in [1.165, 1.54) is 12.8 Å². The van der Waals surface area contributed by atoms with Crippen molar-refractivity contribution in [3.8, 4) is 0 Å². The van der Waals surface area contributed by atoms with E-state index in [1.54, 1.807) is 4.90 Å². The highest BCUT2D eigenvalue weighted by Gasteiger charge is 2.29. The summed E-state index contributed by atoms with van der Waals surface area (Å²) in [4.78, 5) is 13.5. The van der Waals surface area contributed by atoms with Crippen LogP contribution in [0.3, 0.4) is 0 Å². The van der Waals surface area contributed by atoms with Gasteiger partial charge in [0.15, 0.2) is 0 Å². The van der Waals surface area contributed by atoms with Crippen molar-refractivity contribution in [1.29, 1.82) is 0 Å². The topological polar surface area (TPSA) is 23.3 Å². The van der Waals surface area contributed by atoms with Gasteiger partial charge in [0.05, 0.1) is 25.6 Å². The molecule has 0 saturated carbocycles. The van der Waals surface area contributed by atoms with E-state index >= 15 is 0 Å². The predicted molar refractivity (Wildman–Crippen MR) is 57.5 cm³/mol. The van der Waals surface area contributed by atoms with Gasteiger partial charge in [0.2, 0.25) is 6.34 Å². The van der Waals surface area contributed by atoms with Crippen LogP contribution in [0.2, 0.25) is 0 Å². The Morgan fingerprint density at radius 1 is 1.29 bits per heavy atom. The Labute approximate surface area is 86.4 Å². The minimum Gasteiger partial charge on any atom is -0.268 e. The Kier molecular flexibility index (Phi) is 3.29. The van der Waals surface area contributed by atoms with Gasteiger partial charge in [-0.25, -0.2) is 9.69 Å². The van der Waals surface area contributed by atoms with Gasteiger partial charge in [0, 0.05) is 0 Å². The molecule has 1 aliphatic heterocycles. The third kappa shape index (κ3) is 2.82. The summed E-state index contributed by atoms with van der Waals surface area (Å²) >= 11 is 0. The van der Waals surface area contributed by atoms with Gasteiger partial charge in [-0.05, 0) is 33.6 Å². The van der Waals surface area contributed by atoms with Crippen LogP contribution in [0.5, 0.6) is 0 Å². The summed E-state index contributed by atoms with van der Waals surface area (Å²) in [6.07, 6.45) is 4.43. The van der Waals surface area contributed by atoms with Gasteiger partial charge < -0.3 is 0 Å². The van der Waals surface area contributed by atoms with Gasteiger partial charge in [-0.1, -0.05) is 0 Å². The van der Waals surface area contributed by atoms with Crippen LogP contribution in [0.15, 0.2) is 0 Å². The highest BCUT2D eigenvalue weighted by molar-refractivity contribution is 5.89. The molecule has 1 saturated heterocycles. The molecule has 0 bridgehead atoms. The van der Waals surface area contributed by atoms with Crippen LogP contribution in [0.4, 0.5) is 0 Å². The molecule has 0 aliphatic carbocycles. The summed E-state index contributed by atoms with van der Waals surface area (Å²) in [5.74, 6) is 0.171. The molecule has 14 heavy (non-hydrogen) atoms. The van der Waals surface area contributed by atoms with Gasteiger partial charge in [0.25, 0.3) is 0 Å². The van der Waals surface area contributed by atoms with Crippen LogP contribution in [-0.2, 0) is 4.79 Å². The van der Waals surface area contributed by atoms with Crippen molar-refractivity contribution in [1.82, 2.24) is 4.90 Å². The molecule has 3 heteroatoms. The fourth-order valence-corrected chi connectivity index (χ4v) is 1.68. The van der Waals surface area contributed by atoms with Crippen molar-refractivity contribution in [3.63, 3.8) is 0 Å². The monoisotopic (exact) mass is 197 g/mol. The molecule has 0 aromatic carbocycles. The maximum Gasteiger partial charge on any atom is 0.314 e. The second-order valence-corrected chi connectivity index (χ2v) is 5.02. The lowest BCUT2D eigenvalue weighted by molar-refractivity contribution is -0.505. The number of carbonyl (C=O) groups excluding carboxylic acids is 1. The Hall–Kier alpha value is -0.860. The molecular formula is C11H21N2O+. The first-order chi connectivity index (χ1) is 6.41. The van der Waals surface area contributed by atoms with E-state index in [4.69, 9.17) is 0 Å². The molecule has 0 aromatic rings. The van der Waals surface area contributed by atoms with Crippen molar-refractivity contribution < 1.29 is 9.37 Å². The zero-order valence-electron chi connectivity index (χ0n) is 9.71. The van der Waals surface area contributed by atoms with E-state index in [0.29, 0.717) is 0 Å². The van der Waals surface area contributed by atoms with E-state index in [0.717, 1.165) is 13.1 Å². The summed E-state index contributed by atoms with van der Waals surface area (Å²) in [5.41, 5.74) is -0.287. The summed E-state index contributed by atoms with van der Waals surface area (Å²) in [7, 11) is 1.84. The molecule has 1 rings (SSSR count). The van der Waals surface area contributed by atoms with Crippen molar-refractivity contribution in [2.24, 2.45) is 5.41 Å². The summed E-state index contributed by atoms with van der Waals surface area (Å²) < 4.78 is 2.21. The maximum absolute atomic E-state index is 11.8. The maximum atomic E-state index is 11.8. The van der Waals surface area contributed by atoms with Crippen LogP contribution in [0.25, 0.3) is 0 Å². The summed E-state index contributed by atoms with van der Waals surface area (Å²) in [6, 6.07) is 0. The second kappa shape index (κ2) is 4.11. The average molecular weight is 197 g/mol. The minimum atomic E-state index is -0.287. The van der Waals surface area contributed by atoms with E-state index < -0.39 is 0 Å². The minimum absolute atomic E-state index is 0.171. The molecule has 80 valence electrons. The van der Waals surface area contributed by atoms with Crippen molar-refractivity contribution in [2.45, 2.75) is 33.6 Å². The Bertz CT molecular complexity index is 243. The third-order valence-electron chi connectivity index (χ3n) is 2.44. The van der Waals surface area contributed by atoms with Crippen LogP contribution >= 0.6 is 0 Å². The lowest BCUT2D eigenvalue weighted by Crippen LogP contribution is -2.38. The lowest BCUT2D eigenvalue weighted by Gasteiger charge is -2.17. The third-order valence-corrected chi connectivity index (χ3v) is 2.44. The molecule has 0 radical (unpaired) electrons. The molecular weight excluding hydrogens is 176 g/mol. The molecule has 0 atom stereocenters. The SMILES string of the molecule is CN(C=[N+]1CCCC1)C(=O)C(C)(C)C. The number of rotatable bonds is 1. The zero-order chi connectivity index (χ0) is 10.8. The average Bonchev–Trinajstić information content (AvgIpc) is 2.53. The standard InChI is InChI=1S/C11H21N2O/c1-11(2,3)10(14)12(4)9-13-7-5-6-8-13/h9H,5-8H2,1-4H3/q+1. The van der Waals surface area contributed by atoms with Crippen LogP contribution in [0.1, 0.15) is 33.6 Å². The predicted octanol–water partition coefficient (Wildman–Crippen LogP) is 1.33. The van der Waals surface area contributed by atoms with E-state index in [-0.39, 0.29) is 11.3 Å². The quantitative estimate of drug-likeness (QED) is 0.459. The van der Waals surface area contributed by atoms with Crippen LogP contribution in [0, 0.1) is 5.41 Å². The fourth-order valence-electron chi connectivity index (χ4n) is 1.68. The summed E-state index contributed by atoms with van der Waals surface area (Å²) in [5, 5.41) is 0. The van der Waals surface area contributed by atoms with Gasteiger partial charge in [-0.3, -0.25) is 4.58 Å². The van der Waals surface area contributed by atoms with Crippen molar-refractivity contribution in [3.05, 3.63) is 0 Å². The Balaban J connectivity index is 2.61. The number of carbonyl (C=O) groups is 1. The largest absolute Gasteiger partial charge is 0.314 e. The lowest BCUT2D eigenvalue weighted by atomic mass is 9.95. The van der Waals surface area contributed by atoms with Crippen molar-refractivity contribution >= 4 is 12.2 Å². The Morgan fingerprint density at radius 3 is 2.21 bits per heavy atom. The summed E-state index contributed by atoms with van der Waals surface area (Å²) in [6.45, 7) is 8.01. The first kappa shape index (κ1) is 11.2. The van der Waals surface area contributed by atoms with E-state index in [9.17, 15) is 4.79 Å². The highest BCUT2D eigenvalue weighted by atomic mass is 16.2. The van der Waals surface area contributed by atoms with E-state index in [2.05, 4.69) is 4.58 Å². The molecule has 0 N–H and O–H groups in total. The molecule has 1 heterocycles. The first-order valence-corrected chi connectivity index (χ1v) is 5.27. The number of hydrogen-bond donors (Lipinski definition) is 0. The fraction of sp³-hybridized carbons (Fsp3) is 0.818. The van der Waals surface area contributed by atoms with Gasteiger partial charge in [-0.15, -0.1) is 0 Å². The second-order valence-electron chi connectivity index (χ2n) is 5.02. The van der Waals surface area contributed by atoms with Crippen LogP contribution < -0.4 is 0 Å². The molecule has 0 spiro atoms. The molecule has 1 fully saturated rings. The number of nitrogens with zero attached hydrogens (tertiary/aromatic N) is 2. The molecule has 3 nitrogen and oxygen atoms in total. The van der Waals surface area contributed by atoms with Gasteiger partial charge in [0.1, 0.15) is 0 Å². The Morgan fingerprint density at radius 2 is 1.79 bits per heavy atom. The molecule has 1 amide bonds. The zero-order valence-corrected chi connectivity index (χ0v) is 9.71. The smallest absolute Gasteiger partial charge is 0.268 e. The van der Waals surface area contributed by atoms with Gasteiger partial charge >= 0.3 is 5.91 Å². The van der Waals surface area contributed by atoms with Gasteiger partial charge in [-0.2, -0.15) is 0 Å². The van der Waals surface area contributed by atoms with Crippen molar-refractivity contribution in [2.75, 3.05) is 20.1 Å². The number of amides is 1. The molecule has 1 aliphatic rings. The number of hydrogen-bond acceptors (Lipinski definition) is 1. The highest BCUT2D eigenvalue weighted by Crippen LogP contribution is 2.15. The van der Waals surface area contributed by atoms with Crippen LogP contribution in [-0.4, -0.2) is 41.9 Å². The molecule has 0 unspecified atom stereocenters. The normalized spacial score (nSPS) is 17.0. The first-order valence-electron chi connectivity index (χ1n) is 5.27.